The van der Waals surface area contributed by atoms with Crippen LogP contribution in [-0.4, -0.2) is 41.5 Å². The fraction of sp³-hybridized carbons (Fsp3) is 0.714. The van der Waals surface area contributed by atoms with E-state index >= 15 is 0 Å². The highest BCUT2D eigenvalue weighted by Crippen LogP contribution is 2.65. The molecule has 1 aliphatic heterocycles. The Bertz CT molecular complexity index is 759. The van der Waals surface area contributed by atoms with Crippen molar-refractivity contribution >= 4 is 11.9 Å². The van der Waals surface area contributed by atoms with Gasteiger partial charge in [0, 0.05) is 5.56 Å². The molecule has 0 spiro atoms. The van der Waals surface area contributed by atoms with Crippen molar-refractivity contribution in [1.29, 1.82) is 0 Å². The first kappa shape index (κ1) is 19.5. The van der Waals surface area contributed by atoms with Crippen LogP contribution >= 0.6 is 0 Å². The van der Waals surface area contributed by atoms with Crippen molar-refractivity contribution in [2.24, 2.45) is 28.6 Å². The van der Waals surface area contributed by atoms with Gasteiger partial charge in [0.05, 0.1) is 43.7 Å². The molecule has 2 heterocycles. The van der Waals surface area contributed by atoms with E-state index in [4.69, 9.17) is 13.9 Å². The smallest absolute Gasteiger partial charge is 0.310 e. The molecular formula is C21H28O7. The van der Waals surface area contributed by atoms with E-state index in [0.29, 0.717) is 19.3 Å². The van der Waals surface area contributed by atoms with Gasteiger partial charge in [-0.1, -0.05) is 13.8 Å². The summed E-state index contributed by atoms with van der Waals surface area (Å²) in [6.07, 6.45) is 2.40. The van der Waals surface area contributed by atoms with E-state index < -0.39 is 41.0 Å². The van der Waals surface area contributed by atoms with Crippen LogP contribution < -0.4 is 0 Å². The van der Waals surface area contributed by atoms with E-state index in [1.807, 2.05) is 13.8 Å². The number of ether oxygens (including phenoxy) is 2. The van der Waals surface area contributed by atoms with Crippen LogP contribution in [0.4, 0.5) is 0 Å². The minimum absolute atomic E-state index is 0.164. The standard InChI is InChI=1S/C21H28O7/c1-20-6-4-12-19(25)28-15(11-5-7-27-10-11)9-21(12,2)17(20)16(23)14(22)8-13(20)18(24)26-3/h5,7,10,12-17,22-23H,4,6,8-9H2,1-3H3/t12-,13+,14+,15+,16+,17?,20+,21+/m1/s1. The van der Waals surface area contributed by atoms with Crippen LogP contribution in [0.25, 0.3) is 0 Å². The number of cyclic esters (lactones) is 1. The predicted octanol–water partition coefficient (Wildman–Crippen LogP) is 2.22. The second-order valence-corrected chi connectivity index (χ2v) is 9.14. The molecule has 0 amide bonds. The van der Waals surface area contributed by atoms with Crippen LogP contribution in [0, 0.1) is 28.6 Å². The van der Waals surface area contributed by atoms with Gasteiger partial charge in [-0.25, -0.2) is 0 Å². The predicted molar refractivity (Wildman–Crippen MR) is 96.7 cm³/mol. The zero-order valence-corrected chi connectivity index (χ0v) is 16.5. The molecule has 154 valence electrons. The first-order valence-corrected chi connectivity index (χ1v) is 9.89. The van der Waals surface area contributed by atoms with Crippen molar-refractivity contribution in [3.63, 3.8) is 0 Å². The number of esters is 2. The van der Waals surface area contributed by atoms with Gasteiger partial charge in [-0.2, -0.15) is 0 Å². The zero-order chi connectivity index (χ0) is 20.3. The van der Waals surface area contributed by atoms with E-state index in [0.717, 1.165) is 5.56 Å². The number of aliphatic hydroxyl groups is 2. The summed E-state index contributed by atoms with van der Waals surface area (Å²) < 4.78 is 15.9. The fourth-order valence-corrected chi connectivity index (χ4v) is 6.43. The Balaban J connectivity index is 1.77. The molecule has 7 nitrogen and oxygen atoms in total. The number of rotatable bonds is 2. The second-order valence-electron chi connectivity index (χ2n) is 9.14. The molecule has 0 aromatic carbocycles. The molecule has 2 saturated carbocycles. The lowest BCUT2D eigenvalue weighted by atomic mass is 9.42. The number of carbonyl (C=O) groups excluding carboxylic acids is 2. The summed E-state index contributed by atoms with van der Waals surface area (Å²) in [4.78, 5) is 25.4. The van der Waals surface area contributed by atoms with Gasteiger partial charge < -0.3 is 24.1 Å². The Morgan fingerprint density at radius 3 is 2.68 bits per heavy atom. The third kappa shape index (κ3) is 2.63. The monoisotopic (exact) mass is 392 g/mol. The lowest BCUT2D eigenvalue weighted by Gasteiger charge is -2.63. The molecule has 3 aliphatic rings. The first-order valence-electron chi connectivity index (χ1n) is 9.89. The van der Waals surface area contributed by atoms with Gasteiger partial charge in [0.15, 0.2) is 0 Å². The number of fused-ring (bicyclic) bond motifs is 3. The minimum atomic E-state index is -1.04. The van der Waals surface area contributed by atoms with E-state index in [1.165, 1.54) is 13.4 Å². The molecule has 2 N–H and O–H groups in total. The maximum atomic E-state index is 12.9. The molecule has 1 aromatic heterocycles. The number of hydrogen-bond acceptors (Lipinski definition) is 7. The molecule has 7 heteroatoms. The van der Waals surface area contributed by atoms with Gasteiger partial charge >= 0.3 is 11.9 Å². The molecule has 1 aromatic rings. The molecule has 2 aliphatic carbocycles. The van der Waals surface area contributed by atoms with E-state index in [2.05, 4.69) is 0 Å². The summed E-state index contributed by atoms with van der Waals surface area (Å²) in [6, 6.07) is 1.77. The molecule has 0 radical (unpaired) electrons. The quantitative estimate of drug-likeness (QED) is 0.743. The Morgan fingerprint density at radius 2 is 2.04 bits per heavy atom. The molecule has 1 saturated heterocycles. The lowest BCUT2D eigenvalue weighted by Crippen LogP contribution is -2.65. The van der Waals surface area contributed by atoms with Crippen molar-refractivity contribution in [2.45, 2.75) is 57.8 Å². The van der Waals surface area contributed by atoms with Crippen LogP contribution in [0.5, 0.6) is 0 Å². The highest BCUT2D eigenvalue weighted by molar-refractivity contribution is 5.76. The van der Waals surface area contributed by atoms with Crippen LogP contribution in [0.3, 0.4) is 0 Å². The summed E-state index contributed by atoms with van der Waals surface area (Å²) in [5, 5.41) is 21.6. The van der Waals surface area contributed by atoms with Crippen molar-refractivity contribution in [1.82, 2.24) is 0 Å². The summed E-state index contributed by atoms with van der Waals surface area (Å²) >= 11 is 0. The minimum Gasteiger partial charge on any atom is -0.472 e. The number of hydrogen-bond donors (Lipinski definition) is 2. The van der Waals surface area contributed by atoms with Crippen molar-refractivity contribution in [2.75, 3.05) is 7.11 Å². The third-order valence-corrected chi connectivity index (χ3v) is 7.77. The van der Waals surface area contributed by atoms with Gasteiger partial charge in [0.2, 0.25) is 0 Å². The van der Waals surface area contributed by atoms with Crippen LogP contribution in [-0.2, 0) is 19.1 Å². The fourth-order valence-electron chi connectivity index (χ4n) is 6.43. The number of methoxy groups -OCH3 is 1. The van der Waals surface area contributed by atoms with Crippen LogP contribution in [0.1, 0.15) is 51.2 Å². The molecule has 0 bridgehead atoms. The molecular weight excluding hydrogens is 364 g/mol. The average molecular weight is 392 g/mol. The SMILES string of the molecule is COC(=O)[C@@H]1C[C@H](O)[C@H](O)C2[C@@]3(C)C[C@@H](c4ccoc4)OC(=O)[C@H]3CC[C@]21C. The van der Waals surface area contributed by atoms with Crippen molar-refractivity contribution in [3.8, 4) is 0 Å². The maximum absolute atomic E-state index is 12.9. The Labute approximate surface area is 164 Å². The lowest BCUT2D eigenvalue weighted by molar-refractivity contribution is -0.236. The Morgan fingerprint density at radius 1 is 1.29 bits per heavy atom. The molecule has 28 heavy (non-hydrogen) atoms. The van der Waals surface area contributed by atoms with E-state index in [-0.39, 0.29) is 24.3 Å². The molecule has 8 atom stereocenters. The highest BCUT2D eigenvalue weighted by atomic mass is 16.5. The maximum Gasteiger partial charge on any atom is 0.310 e. The van der Waals surface area contributed by atoms with Gasteiger partial charge in [-0.05, 0) is 48.5 Å². The zero-order valence-electron chi connectivity index (χ0n) is 16.5. The van der Waals surface area contributed by atoms with E-state index in [1.54, 1.807) is 12.3 Å². The largest absolute Gasteiger partial charge is 0.472 e. The van der Waals surface area contributed by atoms with Gasteiger partial charge in [0.1, 0.15) is 6.10 Å². The van der Waals surface area contributed by atoms with Crippen molar-refractivity contribution < 1.29 is 33.7 Å². The van der Waals surface area contributed by atoms with Gasteiger partial charge in [-0.3, -0.25) is 9.59 Å². The normalized spacial score (nSPS) is 45.5. The molecule has 3 fully saturated rings. The summed E-state index contributed by atoms with van der Waals surface area (Å²) in [7, 11) is 1.35. The van der Waals surface area contributed by atoms with Gasteiger partial charge in [-0.15, -0.1) is 0 Å². The van der Waals surface area contributed by atoms with Crippen molar-refractivity contribution in [3.05, 3.63) is 24.2 Å². The number of carbonyl (C=O) groups is 2. The average Bonchev–Trinajstić information content (AvgIpc) is 3.18. The molecule has 4 rings (SSSR count). The third-order valence-electron chi connectivity index (χ3n) is 7.77. The first-order chi connectivity index (χ1) is 13.2. The van der Waals surface area contributed by atoms with Gasteiger partial charge in [0.25, 0.3) is 0 Å². The Kier molecular flexibility index (Phi) is 4.58. The van der Waals surface area contributed by atoms with Crippen LogP contribution in [0.15, 0.2) is 23.0 Å². The topological polar surface area (TPSA) is 106 Å². The summed E-state index contributed by atoms with van der Waals surface area (Å²) in [6.45, 7) is 3.98. The van der Waals surface area contributed by atoms with Crippen LogP contribution in [0.2, 0.25) is 0 Å². The molecule has 1 unspecified atom stereocenters. The summed E-state index contributed by atoms with van der Waals surface area (Å²) in [5.74, 6) is -2.00. The Hall–Kier alpha value is -1.86. The summed E-state index contributed by atoms with van der Waals surface area (Å²) in [5.41, 5.74) is -0.428. The number of furan rings is 1. The number of aliphatic hydroxyl groups excluding tert-OH is 2. The highest BCUT2D eigenvalue weighted by Gasteiger charge is 2.66. The second kappa shape index (κ2) is 6.59. The van der Waals surface area contributed by atoms with E-state index in [9.17, 15) is 19.8 Å².